The summed E-state index contributed by atoms with van der Waals surface area (Å²) in [5.74, 6) is -0.349. The number of carbonyl (C=O) groups excluding carboxylic acids is 1. The van der Waals surface area contributed by atoms with Crippen LogP contribution in [0.3, 0.4) is 0 Å². The Hall–Kier alpha value is -2.50. The summed E-state index contributed by atoms with van der Waals surface area (Å²) in [6, 6.07) is 14.9. The Morgan fingerprint density at radius 1 is 0.892 bits per heavy atom. The first-order valence-electron chi connectivity index (χ1n) is 10.9. The maximum absolute atomic E-state index is 12.7. The Morgan fingerprint density at radius 3 is 2.14 bits per heavy atom. The molecule has 0 atom stereocenters. The number of hydrogen-bond acceptors (Lipinski definition) is 5. The summed E-state index contributed by atoms with van der Waals surface area (Å²) >= 11 is 17.9. The van der Waals surface area contributed by atoms with Crippen molar-refractivity contribution in [2.24, 2.45) is 0 Å². The average Bonchev–Trinajstić information content (AvgIpc) is 2.80. The van der Waals surface area contributed by atoms with E-state index < -0.39 is 20.0 Å². The molecule has 0 bridgehead atoms. The zero-order valence-electron chi connectivity index (χ0n) is 19.8. The van der Waals surface area contributed by atoms with Gasteiger partial charge in [-0.15, -0.1) is 0 Å². The molecule has 3 aromatic rings. The fourth-order valence-corrected chi connectivity index (χ4v) is 6.19. The number of nitrogens with one attached hydrogen (secondary N) is 2. The predicted octanol–water partition coefficient (Wildman–Crippen LogP) is 5.94. The minimum Gasteiger partial charge on any atom is -0.326 e. The molecule has 0 heterocycles. The molecule has 0 saturated heterocycles. The minimum atomic E-state index is -3.93. The lowest BCUT2D eigenvalue weighted by Gasteiger charge is -2.24. The highest BCUT2D eigenvalue weighted by molar-refractivity contribution is 7.92. The minimum absolute atomic E-state index is 0.0304. The summed E-state index contributed by atoms with van der Waals surface area (Å²) in [5.41, 5.74) is 1.77. The van der Waals surface area contributed by atoms with Crippen LogP contribution in [0.1, 0.15) is 18.4 Å². The average molecular weight is 605 g/mol. The first-order chi connectivity index (χ1) is 17.3. The smallest absolute Gasteiger partial charge is 0.261 e. The lowest BCUT2D eigenvalue weighted by Crippen LogP contribution is -2.32. The predicted molar refractivity (Wildman–Crippen MR) is 150 cm³/mol. The van der Waals surface area contributed by atoms with Crippen molar-refractivity contribution in [3.63, 3.8) is 0 Å². The number of rotatable bonds is 10. The van der Waals surface area contributed by atoms with E-state index in [0.29, 0.717) is 21.4 Å². The molecule has 2 N–H and O–H groups in total. The lowest BCUT2D eigenvalue weighted by atomic mass is 10.2. The van der Waals surface area contributed by atoms with Gasteiger partial charge in [0.15, 0.2) is 0 Å². The quantitative estimate of drug-likeness (QED) is 0.297. The molecule has 3 rings (SSSR count). The van der Waals surface area contributed by atoms with Crippen molar-refractivity contribution in [3.05, 3.63) is 81.3 Å². The van der Waals surface area contributed by atoms with E-state index in [1.165, 1.54) is 46.8 Å². The molecular formula is C24H24Cl3N3O5S2. The van der Waals surface area contributed by atoms with E-state index in [1.807, 2.05) is 0 Å². The van der Waals surface area contributed by atoms with Gasteiger partial charge in [-0.1, -0.05) is 40.9 Å². The first-order valence-corrected chi connectivity index (χ1v) is 15.3. The van der Waals surface area contributed by atoms with Crippen molar-refractivity contribution in [2.45, 2.75) is 24.7 Å². The number of carbonyl (C=O) groups is 1. The fourth-order valence-electron chi connectivity index (χ4n) is 3.42. The van der Waals surface area contributed by atoms with Crippen molar-refractivity contribution in [1.82, 2.24) is 0 Å². The summed E-state index contributed by atoms with van der Waals surface area (Å²) in [6.45, 7) is 1.86. The van der Waals surface area contributed by atoms with Gasteiger partial charge in [-0.2, -0.15) is 0 Å². The Bertz CT molecular complexity index is 1510. The second-order valence-electron chi connectivity index (χ2n) is 8.17. The molecule has 0 saturated carbocycles. The molecule has 0 aliphatic heterocycles. The third-order valence-electron chi connectivity index (χ3n) is 5.23. The van der Waals surface area contributed by atoms with E-state index in [1.54, 1.807) is 25.1 Å². The zero-order chi connectivity index (χ0) is 27.4. The monoisotopic (exact) mass is 603 g/mol. The molecule has 3 aromatic carbocycles. The summed E-state index contributed by atoms with van der Waals surface area (Å²) in [6.07, 6.45) is 1.39. The van der Waals surface area contributed by atoms with Crippen LogP contribution < -0.4 is 14.3 Å². The number of anilines is 3. The highest BCUT2D eigenvalue weighted by Crippen LogP contribution is 2.28. The summed E-state index contributed by atoms with van der Waals surface area (Å²) < 4.78 is 53.6. The van der Waals surface area contributed by atoms with Crippen LogP contribution in [0.4, 0.5) is 17.1 Å². The topological polar surface area (TPSA) is 113 Å². The second-order valence-corrected chi connectivity index (χ2v) is 13.0. The number of nitrogens with zero attached hydrogens (tertiary/aromatic N) is 1. The van der Waals surface area contributed by atoms with Crippen LogP contribution in [0.15, 0.2) is 65.6 Å². The van der Waals surface area contributed by atoms with E-state index in [-0.39, 0.29) is 40.9 Å². The third kappa shape index (κ3) is 7.99. The van der Waals surface area contributed by atoms with Gasteiger partial charge in [-0.05, 0) is 73.5 Å². The Morgan fingerprint density at radius 2 is 1.51 bits per heavy atom. The van der Waals surface area contributed by atoms with E-state index in [4.69, 9.17) is 34.8 Å². The van der Waals surface area contributed by atoms with Crippen molar-refractivity contribution < 1.29 is 21.6 Å². The van der Waals surface area contributed by atoms with Gasteiger partial charge in [-0.25, -0.2) is 16.8 Å². The van der Waals surface area contributed by atoms with Crippen LogP contribution in [0.5, 0.6) is 0 Å². The second kappa shape index (κ2) is 11.9. The number of halogens is 3. The van der Waals surface area contributed by atoms with Crippen molar-refractivity contribution >= 4 is 77.8 Å². The van der Waals surface area contributed by atoms with Crippen LogP contribution >= 0.6 is 34.8 Å². The molecule has 0 radical (unpaired) electrons. The van der Waals surface area contributed by atoms with Crippen molar-refractivity contribution in [1.29, 1.82) is 0 Å². The molecule has 0 fully saturated rings. The lowest BCUT2D eigenvalue weighted by molar-refractivity contribution is -0.116. The summed E-state index contributed by atoms with van der Waals surface area (Å²) in [4.78, 5) is 12.4. The Kier molecular flexibility index (Phi) is 9.36. The molecule has 1 amide bonds. The van der Waals surface area contributed by atoms with Crippen molar-refractivity contribution in [3.8, 4) is 0 Å². The highest BCUT2D eigenvalue weighted by atomic mass is 35.5. The molecule has 0 spiro atoms. The normalized spacial score (nSPS) is 11.7. The van der Waals surface area contributed by atoms with Crippen LogP contribution in [0, 0.1) is 6.92 Å². The third-order valence-corrected chi connectivity index (χ3v) is 8.57. The van der Waals surface area contributed by atoms with Gasteiger partial charge in [-0.3, -0.25) is 13.8 Å². The van der Waals surface area contributed by atoms with Crippen LogP contribution in [-0.2, 0) is 24.8 Å². The summed E-state index contributed by atoms with van der Waals surface area (Å²) in [5, 5.41) is 3.61. The van der Waals surface area contributed by atoms with Crippen LogP contribution in [0.2, 0.25) is 15.1 Å². The van der Waals surface area contributed by atoms with Crippen LogP contribution in [0.25, 0.3) is 0 Å². The van der Waals surface area contributed by atoms with E-state index >= 15 is 0 Å². The summed E-state index contributed by atoms with van der Waals surface area (Å²) in [7, 11) is -7.52. The molecule has 0 aliphatic rings. The van der Waals surface area contributed by atoms with Gasteiger partial charge in [0.05, 0.1) is 27.5 Å². The molecular weight excluding hydrogens is 581 g/mol. The van der Waals surface area contributed by atoms with Crippen LogP contribution in [-0.4, -0.2) is 35.5 Å². The fraction of sp³-hybridized carbons (Fsp3) is 0.208. The molecule has 8 nitrogen and oxygen atoms in total. The molecule has 13 heteroatoms. The first kappa shape index (κ1) is 29.1. The molecule has 198 valence electrons. The molecule has 0 unspecified atom stereocenters. The van der Waals surface area contributed by atoms with Gasteiger partial charge in [0.25, 0.3) is 10.0 Å². The molecule has 0 aromatic heterocycles. The van der Waals surface area contributed by atoms with Gasteiger partial charge in [0.2, 0.25) is 15.9 Å². The van der Waals surface area contributed by atoms with Gasteiger partial charge in [0.1, 0.15) is 0 Å². The van der Waals surface area contributed by atoms with E-state index in [0.717, 1.165) is 11.8 Å². The number of benzene rings is 3. The number of hydrogen-bond donors (Lipinski definition) is 2. The largest absolute Gasteiger partial charge is 0.326 e. The standard InChI is InChI=1S/C24H24Cl3N3O5S2/c1-16-5-6-18(26)15-23(16)30(36(2,32)33)13-3-4-24(31)28-19-8-10-20(11-9-19)37(34,35)29-22-12-7-17(25)14-21(22)27/h5-12,14-15,29H,3-4,13H2,1-2H3,(H,28,31). The van der Waals surface area contributed by atoms with E-state index in [2.05, 4.69) is 10.0 Å². The highest BCUT2D eigenvalue weighted by Gasteiger charge is 2.20. The van der Waals surface area contributed by atoms with Gasteiger partial charge in [0, 0.05) is 28.7 Å². The number of amides is 1. The van der Waals surface area contributed by atoms with Gasteiger partial charge < -0.3 is 5.32 Å². The maximum Gasteiger partial charge on any atom is 0.261 e. The maximum atomic E-state index is 12.7. The molecule has 0 aliphatic carbocycles. The van der Waals surface area contributed by atoms with E-state index in [9.17, 15) is 21.6 Å². The zero-order valence-corrected chi connectivity index (χ0v) is 23.7. The van der Waals surface area contributed by atoms with Gasteiger partial charge >= 0.3 is 0 Å². The van der Waals surface area contributed by atoms with Crippen molar-refractivity contribution in [2.75, 3.05) is 27.1 Å². The SMILES string of the molecule is Cc1ccc(Cl)cc1N(CCCC(=O)Nc1ccc(S(=O)(=O)Nc2ccc(Cl)cc2Cl)cc1)S(C)(=O)=O. The Balaban J connectivity index is 1.60. The Labute approximate surface area is 231 Å². The molecule has 37 heavy (non-hydrogen) atoms. The number of aryl methyl sites for hydroxylation is 1. The number of sulfonamides is 2.